The highest BCUT2D eigenvalue weighted by molar-refractivity contribution is 5.20. The van der Waals surface area contributed by atoms with Gasteiger partial charge in [0.25, 0.3) is 0 Å². The van der Waals surface area contributed by atoms with Crippen LogP contribution in [0.2, 0.25) is 0 Å². The molecular formula is C10H18O. The second-order valence-corrected chi connectivity index (χ2v) is 5.27. The molecule has 1 nitrogen and oxygen atoms in total. The molecule has 0 aromatic carbocycles. The molecule has 1 N–H and O–H groups in total. The molecule has 0 saturated heterocycles. The number of aliphatic hydroxyl groups is 1. The van der Waals surface area contributed by atoms with Crippen LogP contribution in [-0.2, 0) is 0 Å². The Morgan fingerprint density at radius 3 is 1.82 bits per heavy atom. The predicted octanol–water partition coefficient (Wildman–Crippen LogP) is 2.34. The maximum absolute atomic E-state index is 10.1. The van der Waals surface area contributed by atoms with Gasteiger partial charge in [0.2, 0.25) is 0 Å². The summed E-state index contributed by atoms with van der Waals surface area (Å²) in [5.74, 6) is 0. The lowest BCUT2D eigenvalue weighted by Gasteiger charge is -2.28. The van der Waals surface area contributed by atoms with Crippen molar-refractivity contribution in [3.8, 4) is 0 Å². The first-order chi connectivity index (χ1) is 4.91. The SMILES string of the molecule is CC1(C)C[C@@]12CCC[C@]2(C)O. The normalized spacial score (nSPS) is 53.5. The molecule has 0 radical (unpaired) electrons. The molecule has 0 aromatic heterocycles. The zero-order chi connectivity index (χ0) is 8.33. The minimum Gasteiger partial charge on any atom is -0.390 e. The Morgan fingerprint density at radius 1 is 1.09 bits per heavy atom. The number of rotatable bonds is 0. The molecule has 0 aromatic rings. The Bertz CT molecular complexity index is 189. The maximum atomic E-state index is 10.1. The highest BCUT2D eigenvalue weighted by Gasteiger charge is 2.70. The van der Waals surface area contributed by atoms with E-state index in [1.807, 2.05) is 6.92 Å². The predicted molar refractivity (Wildman–Crippen MR) is 45.3 cm³/mol. The fraction of sp³-hybridized carbons (Fsp3) is 1.00. The van der Waals surface area contributed by atoms with E-state index in [2.05, 4.69) is 13.8 Å². The minimum absolute atomic E-state index is 0.292. The van der Waals surface area contributed by atoms with Crippen molar-refractivity contribution in [1.82, 2.24) is 0 Å². The van der Waals surface area contributed by atoms with Crippen molar-refractivity contribution in [3.63, 3.8) is 0 Å². The third-order valence-corrected chi connectivity index (χ3v) is 4.21. The van der Waals surface area contributed by atoms with Crippen LogP contribution in [0.1, 0.15) is 46.5 Å². The molecule has 0 amide bonds. The van der Waals surface area contributed by atoms with Gasteiger partial charge in [-0.05, 0) is 38.0 Å². The van der Waals surface area contributed by atoms with E-state index in [9.17, 15) is 5.11 Å². The third-order valence-electron chi connectivity index (χ3n) is 4.21. The van der Waals surface area contributed by atoms with E-state index < -0.39 is 0 Å². The molecule has 2 atom stereocenters. The van der Waals surface area contributed by atoms with Crippen LogP contribution in [0.5, 0.6) is 0 Å². The zero-order valence-electron chi connectivity index (χ0n) is 7.78. The molecule has 2 aliphatic rings. The van der Waals surface area contributed by atoms with Crippen LogP contribution in [-0.4, -0.2) is 10.7 Å². The van der Waals surface area contributed by atoms with Crippen LogP contribution in [0.15, 0.2) is 0 Å². The van der Waals surface area contributed by atoms with Gasteiger partial charge in [-0.2, -0.15) is 0 Å². The maximum Gasteiger partial charge on any atom is 0.0681 e. The van der Waals surface area contributed by atoms with Crippen molar-refractivity contribution >= 4 is 0 Å². The van der Waals surface area contributed by atoms with Gasteiger partial charge in [0, 0.05) is 5.41 Å². The number of hydrogen-bond acceptors (Lipinski definition) is 1. The average molecular weight is 154 g/mol. The molecule has 2 saturated carbocycles. The largest absolute Gasteiger partial charge is 0.390 e. The summed E-state index contributed by atoms with van der Waals surface area (Å²) < 4.78 is 0. The van der Waals surface area contributed by atoms with E-state index >= 15 is 0 Å². The Hall–Kier alpha value is -0.0400. The molecule has 2 rings (SSSR count). The fourth-order valence-corrected chi connectivity index (χ4v) is 3.30. The van der Waals surface area contributed by atoms with E-state index in [0.29, 0.717) is 10.8 Å². The molecule has 1 heteroatoms. The van der Waals surface area contributed by atoms with E-state index in [4.69, 9.17) is 0 Å². The summed E-state index contributed by atoms with van der Waals surface area (Å²) >= 11 is 0. The van der Waals surface area contributed by atoms with Gasteiger partial charge in [-0.1, -0.05) is 13.8 Å². The summed E-state index contributed by atoms with van der Waals surface area (Å²) in [6, 6.07) is 0. The minimum atomic E-state index is -0.365. The number of hydrogen-bond donors (Lipinski definition) is 1. The van der Waals surface area contributed by atoms with E-state index in [1.54, 1.807) is 0 Å². The van der Waals surface area contributed by atoms with Crippen LogP contribution in [0, 0.1) is 10.8 Å². The van der Waals surface area contributed by atoms with Crippen molar-refractivity contribution in [3.05, 3.63) is 0 Å². The van der Waals surface area contributed by atoms with E-state index in [0.717, 1.165) is 6.42 Å². The van der Waals surface area contributed by atoms with Crippen LogP contribution >= 0.6 is 0 Å². The van der Waals surface area contributed by atoms with Crippen LogP contribution in [0.3, 0.4) is 0 Å². The van der Waals surface area contributed by atoms with Crippen LogP contribution in [0.25, 0.3) is 0 Å². The van der Waals surface area contributed by atoms with E-state index in [1.165, 1.54) is 19.3 Å². The average Bonchev–Trinajstić information content (AvgIpc) is 2.23. The third kappa shape index (κ3) is 0.703. The van der Waals surface area contributed by atoms with E-state index in [-0.39, 0.29) is 5.60 Å². The Balaban J connectivity index is 2.29. The molecule has 11 heavy (non-hydrogen) atoms. The smallest absolute Gasteiger partial charge is 0.0681 e. The van der Waals surface area contributed by atoms with Gasteiger partial charge in [-0.25, -0.2) is 0 Å². The van der Waals surface area contributed by atoms with Crippen molar-refractivity contribution in [2.45, 2.75) is 52.1 Å². The van der Waals surface area contributed by atoms with Gasteiger partial charge in [0.1, 0.15) is 0 Å². The summed E-state index contributed by atoms with van der Waals surface area (Å²) in [6.45, 7) is 6.59. The molecular weight excluding hydrogens is 136 g/mol. The summed E-state index contributed by atoms with van der Waals surface area (Å²) in [6.07, 6.45) is 4.70. The van der Waals surface area contributed by atoms with Crippen molar-refractivity contribution in [2.24, 2.45) is 10.8 Å². The van der Waals surface area contributed by atoms with Gasteiger partial charge in [0.15, 0.2) is 0 Å². The summed E-state index contributed by atoms with van der Waals surface area (Å²) in [5.41, 5.74) is 0.337. The standard InChI is InChI=1S/C10H18O/c1-8(2)7-10(8)6-4-5-9(10,3)11/h11H,4-7H2,1-3H3/t9-,10-/m0/s1. The van der Waals surface area contributed by atoms with Gasteiger partial charge in [0.05, 0.1) is 5.60 Å². The van der Waals surface area contributed by atoms with Gasteiger partial charge < -0.3 is 5.11 Å². The first-order valence-corrected chi connectivity index (χ1v) is 4.64. The quantitative estimate of drug-likeness (QED) is 0.568. The van der Waals surface area contributed by atoms with Crippen LogP contribution < -0.4 is 0 Å². The summed E-state index contributed by atoms with van der Waals surface area (Å²) in [5, 5.41) is 10.1. The molecule has 2 aliphatic carbocycles. The lowest BCUT2D eigenvalue weighted by molar-refractivity contribution is -0.00814. The topological polar surface area (TPSA) is 20.2 Å². The lowest BCUT2D eigenvalue weighted by Crippen LogP contribution is -2.33. The molecule has 0 aliphatic heterocycles. The highest BCUT2D eigenvalue weighted by atomic mass is 16.3. The van der Waals surface area contributed by atoms with Crippen molar-refractivity contribution < 1.29 is 5.11 Å². The highest BCUT2D eigenvalue weighted by Crippen LogP contribution is 2.74. The molecule has 2 fully saturated rings. The molecule has 1 spiro atoms. The second-order valence-electron chi connectivity index (χ2n) is 5.27. The monoisotopic (exact) mass is 154 g/mol. The van der Waals surface area contributed by atoms with Crippen molar-refractivity contribution in [1.29, 1.82) is 0 Å². The first kappa shape index (κ1) is 7.60. The van der Waals surface area contributed by atoms with Crippen LogP contribution in [0.4, 0.5) is 0 Å². The Labute approximate surface area is 68.8 Å². The molecule has 0 heterocycles. The van der Waals surface area contributed by atoms with Gasteiger partial charge >= 0.3 is 0 Å². The lowest BCUT2D eigenvalue weighted by atomic mass is 9.83. The van der Waals surface area contributed by atoms with Gasteiger partial charge in [-0.15, -0.1) is 0 Å². The molecule has 64 valence electrons. The first-order valence-electron chi connectivity index (χ1n) is 4.64. The summed E-state index contributed by atoms with van der Waals surface area (Å²) in [7, 11) is 0. The second kappa shape index (κ2) is 1.66. The zero-order valence-corrected chi connectivity index (χ0v) is 7.78. The Morgan fingerprint density at radius 2 is 1.64 bits per heavy atom. The Kier molecular flexibility index (Phi) is 1.15. The summed E-state index contributed by atoms with van der Waals surface area (Å²) in [4.78, 5) is 0. The molecule has 0 bridgehead atoms. The molecule has 0 unspecified atom stereocenters. The fourth-order valence-electron chi connectivity index (χ4n) is 3.30. The van der Waals surface area contributed by atoms with Gasteiger partial charge in [-0.3, -0.25) is 0 Å². The van der Waals surface area contributed by atoms with Crippen molar-refractivity contribution in [2.75, 3.05) is 0 Å².